The summed E-state index contributed by atoms with van der Waals surface area (Å²) in [5.74, 6) is 1.04. The average molecular weight is 493 g/mol. The minimum atomic E-state index is -3.83. The lowest BCUT2D eigenvalue weighted by molar-refractivity contribution is -0.117. The van der Waals surface area contributed by atoms with Gasteiger partial charge in [-0.05, 0) is 63.5 Å². The molecule has 0 bridgehead atoms. The summed E-state index contributed by atoms with van der Waals surface area (Å²) in [4.78, 5) is 19.7. The minimum absolute atomic E-state index is 0.119. The van der Waals surface area contributed by atoms with Gasteiger partial charge >= 0.3 is 0 Å². The molecule has 1 aromatic heterocycles. The van der Waals surface area contributed by atoms with Crippen LogP contribution < -0.4 is 14.9 Å². The van der Waals surface area contributed by atoms with Crippen LogP contribution in [0.15, 0.2) is 47.5 Å². The van der Waals surface area contributed by atoms with Crippen molar-refractivity contribution in [1.29, 1.82) is 0 Å². The molecule has 3 atom stereocenters. The topological polar surface area (TPSA) is 101 Å². The second-order valence-corrected chi connectivity index (χ2v) is 11.0. The predicted octanol–water partition coefficient (Wildman–Crippen LogP) is 3.04. The highest BCUT2D eigenvalue weighted by Crippen LogP contribution is 2.20. The van der Waals surface area contributed by atoms with Gasteiger partial charge in [0, 0.05) is 13.1 Å². The molecule has 3 unspecified atom stereocenters. The van der Waals surface area contributed by atoms with Crippen LogP contribution in [-0.4, -0.2) is 62.7 Å². The molecular weight excluding hydrogens is 460 g/mol. The number of carbonyl (C=O) groups is 1. The lowest BCUT2D eigenvalue weighted by Gasteiger charge is -2.36. The van der Waals surface area contributed by atoms with E-state index >= 15 is 0 Å². The molecule has 0 aliphatic carbocycles. The summed E-state index contributed by atoms with van der Waals surface area (Å²) in [7, 11) is -3.83. The number of carbonyl (C=O) groups excluding carboxylic acids is 1. The fraction of sp³-hybridized carbons (Fsp3) is 0.478. The normalized spacial score (nSPS) is 19.8. The van der Waals surface area contributed by atoms with E-state index in [1.54, 1.807) is 36.2 Å². The fourth-order valence-electron chi connectivity index (χ4n) is 3.69. The van der Waals surface area contributed by atoms with Gasteiger partial charge in [-0.15, -0.1) is 0 Å². The molecule has 33 heavy (non-hydrogen) atoms. The Hall–Kier alpha value is -2.14. The third-order valence-corrected chi connectivity index (χ3v) is 7.45. The molecule has 0 spiro atoms. The third-order valence-electron chi connectivity index (χ3n) is 5.31. The van der Waals surface area contributed by atoms with Gasteiger partial charge in [0.05, 0.1) is 29.0 Å². The number of aromatic nitrogens is 1. The van der Waals surface area contributed by atoms with Crippen LogP contribution in [0.3, 0.4) is 0 Å². The molecule has 2 N–H and O–H groups in total. The number of nitrogens with one attached hydrogen (secondary N) is 2. The summed E-state index contributed by atoms with van der Waals surface area (Å²) in [5, 5.41) is 2.80. The molecule has 180 valence electrons. The lowest BCUT2D eigenvalue weighted by Crippen LogP contribution is -2.45. The van der Waals surface area contributed by atoms with Gasteiger partial charge in [0.1, 0.15) is 11.9 Å². The summed E-state index contributed by atoms with van der Waals surface area (Å²) < 4.78 is 34.0. The van der Waals surface area contributed by atoms with E-state index in [2.05, 4.69) is 19.9 Å². The van der Waals surface area contributed by atoms with Gasteiger partial charge in [0.2, 0.25) is 15.9 Å². The maximum Gasteiger partial charge on any atom is 0.242 e. The molecule has 2 heterocycles. The number of ether oxygens (including phenoxy) is 1. The van der Waals surface area contributed by atoms with Crippen molar-refractivity contribution < 1.29 is 17.9 Å². The van der Waals surface area contributed by atoms with Gasteiger partial charge in [0.15, 0.2) is 0 Å². The number of morpholine rings is 1. The molecule has 8 nitrogen and oxygen atoms in total. The average Bonchev–Trinajstić information content (AvgIpc) is 2.76. The Morgan fingerprint density at radius 2 is 1.85 bits per heavy atom. The number of pyridine rings is 1. The van der Waals surface area contributed by atoms with Crippen molar-refractivity contribution in [3.63, 3.8) is 0 Å². The summed E-state index contributed by atoms with van der Waals surface area (Å²) in [6, 6.07) is 9.28. The Kier molecular flexibility index (Phi) is 8.75. The van der Waals surface area contributed by atoms with Crippen LogP contribution in [0.4, 0.5) is 11.5 Å². The molecule has 1 saturated heterocycles. The molecule has 1 aliphatic heterocycles. The Bertz CT molecular complexity index is 1020. The number of rotatable bonds is 9. The highest BCUT2D eigenvalue weighted by molar-refractivity contribution is 7.98. The van der Waals surface area contributed by atoms with Crippen LogP contribution in [0.25, 0.3) is 0 Å². The maximum atomic E-state index is 13.0. The van der Waals surface area contributed by atoms with Gasteiger partial charge < -0.3 is 15.0 Å². The summed E-state index contributed by atoms with van der Waals surface area (Å²) in [5.41, 5.74) is 1.48. The van der Waals surface area contributed by atoms with E-state index in [0.717, 1.165) is 24.5 Å². The summed E-state index contributed by atoms with van der Waals surface area (Å²) in [6.45, 7) is 7.45. The quantitative estimate of drug-likeness (QED) is 0.555. The first kappa shape index (κ1) is 25.5. The molecular formula is C23H32N4O4S2. The van der Waals surface area contributed by atoms with Gasteiger partial charge in [-0.3, -0.25) is 4.79 Å². The highest BCUT2D eigenvalue weighted by atomic mass is 32.2. The van der Waals surface area contributed by atoms with E-state index in [1.807, 2.05) is 33.1 Å². The number of amides is 1. The van der Waals surface area contributed by atoms with Crippen LogP contribution in [0.5, 0.6) is 0 Å². The van der Waals surface area contributed by atoms with Crippen LogP contribution in [0.1, 0.15) is 25.8 Å². The molecule has 1 aromatic carbocycles. The Labute approximate surface area is 200 Å². The standard InChI is InChI=1S/C23H32N4O4S2/c1-16-5-8-20(9-6-16)33(29,30)26-21(11-12-32-4)23(28)25-19-7-10-22(24-13-19)27-14-17(2)31-18(3)15-27/h5-10,13,17-18,21,26H,11-12,14-15H2,1-4H3,(H,25,28). The summed E-state index contributed by atoms with van der Waals surface area (Å²) >= 11 is 1.55. The van der Waals surface area contributed by atoms with E-state index in [9.17, 15) is 13.2 Å². The highest BCUT2D eigenvalue weighted by Gasteiger charge is 2.26. The van der Waals surface area contributed by atoms with Gasteiger partial charge in [0.25, 0.3) is 0 Å². The molecule has 1 aliphatic rings. The fourth-order valence-corrected chi connectivity index (χ4v) is 5.39. The number of sulfonamides is 1. The Morgan fingerprint density at radius 1 is 1.18 bits per heavy atom. The van der Waals surface area contributed by atoms with Crippen LogP contribution in [0.2, 0.25) is 0 Å². The van der Waals surface area contributed by atoms with Crippen molar-refractivity contribution in [2.24, 2.45) is 0 Å². The number of thioether (sulfide) groups is 1. The van der Waals surface area contributed by atoms with Crippen molar-refractivity contribution >= 4 is 39.2 Å². The molecule has 3 rings (SSSR count). The molecule has 10 heteroatoms. The van der Waals surface area contributed by atoms with E-state index in [4.69, 9.17) is 4.74 Å². The predicted molar refractivity (Wildman–Crippen MR) is 133 cm³/mol. The van der Waals surface area contributed by atoms with Gasteiger partial charge in [-0.1, -0.05) is 17.7 Å². The first-order chi connectivity index (χ1) is 15.7. The van der Waals surface area contributed by atoms with Gasteiger partial charge in [-0.2, -0.15) is 16.5 Å². The summed E-state index contributed by atoms with van der Waals surface area (Å²) in [6.07, 6.45) is 4.12. The van der Waals surface area contributed by atoms with Crippen molar-refractivity contribution in [2.45, 2.75) is 50.3 Å². The number of benzene rings is 1. The van der Waals surface area contributed by atoms with Crippen molar-refractivity contribution in [1.82, 2.24) is 9.71 Å². The number of anilines is 2. The first-order valence-electron chi connectivity index (χ1n) is 10.9. The zero-order chi connectivity index (χ0) is 24.0. The number of hydrogen-bond acceptors (Lipinski definition) is 7. The van der Waals surface area contributed by atoms with E-state index in [0.29, 0.717) is 17.9 Å². The van der Waals surface area contributed by atoms with E-state index in [1.165, 1.54) is 12.1 Å². The maximum absolute atomic E-state index is 13.0. The SMILES string of the molecule is CSCCC(NS(=O)(=O)c1ccc(C)cc1)C(=O)Nc1ccc(N2CC(C)OC(C)C2)nc1. The van der Waals surface area contributed by atoms with E-state index < -0.39 is 22.0 Å². The molecule has 1 fully saturated rings. The number of hydrogen-bond donors (Lipinski definition) is 2. The monoisotopic (exact) mass is 492 g/mol. The van der Waals surface area contributed by atoms with E-state index in [-0.39, 0.29) is 17.1 Å². The molecule has 1 amide bonds. The van der Waals surface area contributed by atoms with Crippen molar-refractivity contribution in [3.05, 3.63) is 48.2 Å². The van der Waals surface area contributed by atoms with Crippen LogP contribution in [-0.2, 0) is 19.6 Å². The molecule has 0 radical (unpaired) electrons. The number of aryl methyl sites for hydroxylation is 1. The first-order valence-corrected chi connectivity index (χ1v) is 13.8. The van der Waals surface area contributed by atoms with Gasteiger partial charge in [-0.25, -0.2) is 13.4 Å². The smallest absolute Gasteiger partial charge is 0.242 e. The van der Waals surface area contributed by atoms with Crippen LogP contribution >= 0.6 is 11.8 Å². The Morgan fingerprint density at radius 3 is 2.42 bits per heavy atom. The zero-order valence-corrected chi connectivity index (χ0v) is 21.1. The van der Waals surface area contributed by atoms with Crippen LogP contribution in [0, 0.1) is 6.92 Å². The Balaban J connectivity index is 1.68. The third kappa shape index (κ3) is 7.17. The van der Waals surface area contributed by atoms with Crippen molar-refractivity contribution in [2.75, 3.05) is 35.3 Å². The molecule has 0 saturated carbocycles. The molecule has 2 aromatic rings. The largest absolute Gasteiger partial charge is 0.372 e. The second kappa shape index (κ2) is 11.3. The zero-order valence-electron chi connectivity index (χ0n) is 19.4. The minimum Gasteiger partial charge on any atom is -0.372 e. The second-order valence-electron chi connectivity index (χ2n) is 8.33. The number of nitrogens with zero attached hydrogens (tertiary/aromatic N) is 2. The van der Waals surface area contributed by atoms with Crippen molar-refractivity contribution in [3.8, 4) is 0 Å². The lowest BCUT2D eigenvalue weighted by atomic mass is 10.2.